The Balaban J connectivity index is 2.16. The molecule has 0 saturated carbocycles. The smallest absolute Gasteiger partial charge is 0.0497 e. The summed E-state index contributed by atoms with van der Waals surface area (Å²) in [6.07, 6.45) is 4.94. The van der Waals surface area contributed by atoms with Gasteiger partial charge in [-0.15, -0.1) is 0 Å². The SMILES string of the molecule is CC(N)C(c1ccncc1)N1CCSC(C)(C)CC1. The minimum atomic E-state index is 0.133. The van der Waals surface area contributed by atoms with Gasteiger partial charge in [0.25, 0.3) is 0 Å². The molecule has 1 aromatic rings. The first-order valence-corrected chi connectivity index (χ1v) is 8.02. The predicted molar refractivity (Wildman–Crippen MR) is 83.4 cm³/mol. The Morgan fingerprint density at radius 3 is 2.63 bits per heavy atom. The first-order valence-electron chi connectivity index (χ1n) is 7.03. The van der Waals surface area contributed by atoms with Crippen molar-refractivity contribution in [1.82, 2.24) is 9.88 Å². The summed E-state index contributed by atoms with van der Waals surface area (Å²) in [5.41, 5.74) is 7.54. The number of thioether (sulfide) groups is 1. The summed E-state index contributed by atoms with van der Waals surface area (Å²) in [7, 11) is 0. The first-order chi connectivity index (χ1) is 8.99. The van der Waals surface area contributed by atoms with Crippen LogP contribution in [-0.2, 0) is 0 Å². The summed E-state index contributed by atoms with van der Waals surface area (Å²) in [5, 5.41) is 0. The molecule has 3 nitrogen and oxygen atoms in total. The highest BCUT2D eigenvalue weighted by Crippen LogP contribution is 2.34. The lowest BCUT2D eigenvalue weighted by atomic mass is 9.99. The Morgan fingerprint density at radius 2 is 2.00 bits per heavy atom. The summed E-state index contributed by atoms with van der Waals surface area (Å²) in [5.74, 6) is 1.18. The highest BCUT2D eigenvalue weighted by molar-refractivity contribution is 8.00. The second kappa shape index (κ2) is 6.25. The van der Waals surface area contributed by atoms with Crippen LogP contribution in [0.3, 0.4) is 0 Å². The lowest BCUT2D eigenvalue weighted by Gasteiger charge is -2.34. The van der Waals surface area contributed by atoms with Crippen LogP contribution in [0.1, 0.15) is 38.8 Å². The standard InChI is InChI=1S/C15H25N3S/c1-12(16)14(13-4-7-17-8-5-13)18-9-6-15(2,3)19-11-10-18/h4-5,7-8,12,14H,6,9-11,16H2,1-3H3. The molecule has 1 aliphatic rings. The first kappa shape index (κ1) is 14.8. The maximum atomic E-state index is 6.25. The van der Waals surface area contributed by atoms with Crippen LogP contribution in [-0.4, -0.2) is 39.5 Å². The van der Waals surface area contributed by atoms with E-state index in [-0.39, 0.29) is 6.04 Å². The lowest BCUT2D eigenvalue weighted by molar-refractivity contribution is 0.184. The van der Waals surface area contributed by atoms with Crippen molar-refractivity contribution < 1.29 is 0 Å². The summed E-state index contributed by atoms with van der Waals surface area (Å²) < 4.78 is 0.384. The predicted octanol–water partition coefficient (Wildman–Crippen LogP) is 2.69. The number of hydrogen-bond donors (Lipinski definition) is 1. The van der Waals surface area contributed by atoms with Crippen molar-refractivity contribution in [2.45, 2.75) is 44.0 Å². The van der Waals surface area contributed by atoms with Gasteiger partial charge in [0.1, 0.15) is 0 Å². The Morgan fingerprint density at radius 1 is 1.32 bits per heavy atom. The van der Waals surface area contributed by atoms with Gasteiger partial charge in [-0.2, -0.15) is 11.8 Å². The van der Waals surface area contributed by atoms with E-state index in [0.717, 1.165) is 13.1 Å². The van der Waals surface area contributed by atoms with E-state index >= 15 is 0 Å². The van der Waals surface area contributed by atoms with Crippen molar-refractivity contribution in [3.05, 3.63) is 30.1 Å². The van der Waals surface area contributed by atoms with Crippen LogP contribution >= 0.6 is 11.8 Å². The van der Waals surface area contributed by atoms with Crippen LogP contribution in [0.4, 0.5) is 0 Å². The van der Waals surface area contributed by atoms with Gasteiger partial charge in [-0.05, 0) is 31.0 Å². The highest BCUT2D eigenvalue weighted by Gasteiger charge is 2.29. The molecule has 2 heterocycles. The topological polar surface area (TPSA) is 42.1 Å². The Hall–Kier alpha value is -0.580. The fourth-order valence-corrected chi connectivity index (χ4v) is 3.84. The number of rotatable bonds is 3. The third-order valence-electron chi connectivity index (χ3n) is 3.81. The summed E-state index contributed by atoms with van der Waals surface area (Å²) >= 11 is 2.07. The van der Waals surface area contributed by atoms with E-state index in [1.54, 1.807) is 0 Å². The lowest BCUT2D eigenvalue weighted by Crippen LogP contribution is -2.41. The fraction of sp³-hybridized carbons (Fsp3) is 0.667. The second-order valence-electron chi connectivity index (χ2n) is 5.98. The quantitative estimate of drug-likeness (QED) is 0.924. The Bertz CT molecular complexity index is 392. The zero-order valence-electron chi connectivity index (χ0n) is 12.2. The molecule has 1 aromatic heterocycles. The normalized spacial score (nSPS) is 23.6. The van der Waals surface area contributed by atoms with Crippen molar-refractivity contribution >= 4 is 11.8 Å². The molecule has 0 aromatic carbocycles. The summed E-state index contributed by atoms with van der Waals surface area (Å²) in [6.45, 7) is 9.02. The van der Waals surface area contributed by atoms with Crippen LogP contribution in [0, 0.1) is 0 Å². The molecule has 2 unspecified atom stereocenters. The van der Waals surface area contributed by atoms with Crippen molar-refractivity contribution in [3.63, 3.8) is 0 Å². The molecule has 1 aliphatic heterocycles. The third kappa shape index (κ3) is 3.94. The zero-order chi connectivity index (χ0) is 13.9. The van der Waals surface area contributed by atoms with E-state index in [9.17, 15) is 0 Å². The van der Waals surface area contributed by atoms with Gasteiger partial charge in [-0.25, -0.2) is 0 Å². The third-order valence-corrected chi connectivity index (χ3v) is 5.18. The van der Waals surface area contributed by atoms with E-state index in [1.807, 2.05) is 12.4 Å². The molecule has 0 radical (unpaired) electrons. The molecule has 0 bridgehead atoms. The van der Waals surface area contributed by atoms with Gasteiger partial charge in [0.2, 0.25) is 0 Å². The maximum Gasteiger partial charge on any atom is 0.0497 e. The van der Waals surface area contributed by atoms with Crippen molar-refractivity contribution in [1.29, 1.82) is 0 Å². The van der Waals surface area contributed by atoms with Crippen molar-refractivity contribution in [3.8, 4) is 0 Å². The van der Waals surface area contributed by atoms with Crippen LogP contribution in [0.5, 0.6) is 0 Å². The minimum absolute atomic E-state index is 0.133. The Labute approximate surface area is 121 Å². The number of aromatic nitrogens is 1. The number of nitrogens with zero attached hydrogens (tertiary/aromatic N) is 2. The molecule has 2 N–H and O–H groups in total. The van der Waals surface area contributed by atoms with Crippen molar-refractivity contribution in [2.75, 3.05) is 18.8 Å². The van der Waals surface area contributed by atoms with E-state index in [4.69, 9.17) is 5.73 Å². The second-order valence-corrected chi connectivity index (χ2v) is 7.78. The van der Waals surface area contributed by atoms with Gasteiger partial charge in [0.05, 0.1) is 0 Å². The van der Waals surface area contributed by atoms with Crippen LogP contribution in [0.15, 0.2) is 24.5 Å². The monoisotopic (exact) mass is 279 g/mol. The van der Waals surface area contributed by atoms with E-state index in [2.05, 4.69) is 54.5 Å². The molecule has 1 fully saturated rings. The zero-order valence-corrected chi connectivity index (χ0v) is 13.0. The van der Waals surface area contributed by atoms with Crippen LogP contribution < -0.4 is 5.73 Å². The average Bonchev–Trinajstić information content (AvgIpc) is 2.52. The number of nitrogens with two attached hydrogens (primary N) is 1. The molecule has 1 saturated heterocycles. The van der Waals surface area contributed by atoms with Crippen molar-refractivity contribution in [2.24, 2.45) is 5.73 Å². The van der Waals surface area contributed by atoms with Crippen LogP contribution in [0.2, 0.25) is 0 Å². The summed E-state index contributed by atoms with van der Waals surface area (Å²) in [4.78, 5) is 6.65. The van der Waals surface area contributed by atoms with Gasteiger partial charge in [-0.1, -0.05) is 13.8 Å². The highest BCUT2D eigenvalue weighted by atomic mass is 32.2. The largest absolute Gasteiger partial charge is 0.326 e. The average molecular weight is 279 g/mol. The fourth-order valence-electron chi connectivity index (χ4n) is 2.72. The Kier molecular flexibility index (Phi) is 4.87. The van der Waals surface area contributed by atoms with E-state index in [1.165, 1.54) is 17.7 Å². The molecule has 19 heavy (non-hydrogen) atoms. The van der Waals surface area contributed by atoms with Gasteiger partial charge in [-0.3, -0.25) is 9.88 Å². The molecular weight excluding hydrogens is 254 g/mol. The van der Waals surface area contributed by atoms with E-state index in [0.29, 0.717) is 10.8 Å². The molecule has 106 valence electrons. The van der Waals surface area contributed by atoms with Gasteiger partial charge in [0.15, 0.2) is 0 Å². The minimum Gasteiger partial charge on any atom is -0.326 e. The molecule has 2 atom stereocenters. The molecule has 4 heteroatoms. The molecule has 0 aliphatic carbocycles. The number of hydrogen-bond acceptors (Lipinski definition) is 4. The van der Waals surface area contributed by atoms with Gasteiger partial charge < -0.3 is 5.73 Å². The maximum absolute atomic E-state index is 6.25. The van der Waals surface area contributed by atoms with Crippen LogP contribution in [0.25, 0.3) is 0 Å². The summed E-state index contributed by atoms with van der Waals surface area (Å²) in [6, 6.07) is 4.63. The molecule has 0 spiro atoms. The molecular formula is C15H25N3S. The molecule has 0 amide bonds. The van der Waals surface area contributed by atoms with Gasteiger partial charge in [0, 0.05) is 48.1 Å². The van der Waals surface area contributed by atoms with Gasteiger partial charge >= 0.3 is 0 Å². The van der Waals surface area contributed by atoms with E-state index < -0.39 is 0 Å². The number of pyridine rings is 1. The molecule has 2 rings (SSSR count).